The van der Waals surface area contributed by atoms with Gasteiger partial charge in [-0.1, -0.05) is 13.8 Å². The Balaban J connectivity index is 2.58. The highest BCUT2D eigenvalue weighted by molar-refractivity contribution is 5.91. The molecule has 104 valence electrons. The van der Waals surface area contributed by atoms with Gasteiger partial charge in [0.25, 0.3) is 0 Å². The monoisotopic (exact) mass is 255 g/mol. The summed E-state index contributed by atoms with van der Waals surface area (Å²) in [6.07, 6.45) is 0.774. The predicted octanol–water partition coefficient (Wildman–Crippen LogP) is 0.498. The van der Waals surface area contributed by atoms with Crippen molar-refractivity contribution in [3.63, 3.8) is 0 Å². The SMILES string of the molecule is CC(C)NC(=O)C(C)N1CCC(NC(C)C)C1=O. The fourth-order valence-electron chi connectivity index (χ4n) is 2.19. The van der Waals surface area contributed by atoms with Gasteiger partial charge in [0.1, 0.15) is 6.04 Å². The largest absolute Gasteiger partial charge is 0.352 e. The third kappa shape index (κ3) is 3.70. The minimum atomic E-state index is -0.390. The summed E-state index contributed by atoms with van der Waals surface area (Å²) in [5.41, 5.74) is 0. The van der Waals surface area contributed by atoms with E-state index >= 15 is 0 Å². The van der Waals surface area contributed by atoms with E-state index in [1.54, 1.807) is 11.8 Å². The summed E-state index contributed by atoms with van der Waals surface area (Å²) in [4.78, 5) is 25.7. The van der Waals surface area contributed by atoms with Crippen LogP contribution < -0.4 is 10.6 Å². The van der Waals surface area contributed by atoms with E-state index in [2.05, 4.69) is 10.6 Å². The maximum atomic E-state index is 12.2. The first kappa shape index (κ1) is 15.0. The molecule has 2 amide bonds. The Labute approximate surface area is 109 Å². The topological polar surface area (TPSA) is 61.4 Å². The van der Waals surface area contributed by atoms with Crippen molar-refractivity contribution in [2.75, 3.05) is 6.54 Å². The van der Waals surface area contributed by atoms with Crippen molar-refractivity contribution in [3.05, 3.63) is 0 Å². The highest BCUT2D eigenvalue weighted by Gasteiger charge is 2.36. The lowest BCUT2D eigenvalue weighted by Gasteiger charge is -2.25. The lowest BCUT2D eigenvalue weighted by atomic mass is 10.2. The summed E-state index contributed by atoms with van der Waals surface area (Å²) in [6, 6.07) is -0.154. The van der Waals surface area contributed by atoms with Crippen molar-refractivity contribution < 1.29 is 9.59 Å². The van der Waals surface area contributed by atoms with Gasteiger partial charge in [-0.25, -0.2) is 0 Å². The van der Waals surface area contributed by atoms with Gasteiger partial charge in [0, 0.05) is 18.6 Å². The third-order valence-electron chi connectivity index (χ3n) is 3.05. The number of hydrogen-bond acceptors (Lipinski definition) is 3. The molecule has 2 atom stereocenters. The van der Waals surface area contributed by atoms with Crippen molar-refractivity contribution in [1.29, 1.82) is 0 Å². The van der Waals surface area contributed by atoms with Crippen molar-refractivity contribution in [2.45, 2.75) is 65.2 Å². The Kier molecular flexibility index (Phi) is 5.14. The molecule has 5 heteroatoms. The van der Waals surface area contributed by atoms with Crippen LogP contribution in [0.4, 0.5) is 0 Å². The van der Waals surface area contributed by atoms with Gasteiger partial charge in [0.15, 0.2) is 0 Å². The molecule has 0 bridgehead atoms. The number of hydrogen-bond donors (Lipinski definition) is 2. The summed E-state index contributed by atoms with van der Waals surface area (Å²) in [5, 5.41) is 6.08. The van der Waals surface area contributed by atoms with Crippen LogP contribution in [0.15, 0.2) is 0 Å². The lowest BCUT2D eigenvalue weighted by molar-refractivity contribution is -0.138. The van der Waals surface area contributed by atoms with E-state index < -0.39 is 0 Å². The average Bonchev–Trinajstić information content (AvgIpc) is 2.58. The zero-order chi connectivity index (χ0) is 13.9. The first-order valence-corrected chi connectivity index (χ1v) is 6.69. The lowest BCUT2D eigenvalue weighted by Crippen LogP contribution is -2.50. The average molecular weight is 255 g/mol. The molecule has 0 aromatic rings. The Morgan fingerprint density at radius 3 is 2.33 bits per heavy atom. The first-order chi connectivity index (χ1) is 8.32. The molecule has 2 unspecified atom stereocenters. The van der Waals surface area contributed by atoms with Crippen LogP contribution in [-0.4, -0.2) is 47.4 Å². The summed E-state index contributed by atoms with van der Waals surface area (Å²) in [7, 11) is 0. The van der Waals surface area contributed by atoms with Gasteiger partial charge < -0.3 is 15.5 Å². The second kappa shape index (κ2) is 6.18. The van der Waals surface area contributed by atoms with E-state index in [9.17, 15) is 9.59 Å². The number of rotatable bonds is 5. The molecule has 0 spiro atoms. The second-order valence-corrected chi connectivity index (χ2v) is 5.53. The van der Waals surface area contributed by atoms with Crippen LogP contribution in [0, 0.1) is 0 Å². The van der Waals surface area contributed by atoms with Crippen molar-refractivity contribution in [3.8, 4) is 0 Å². The van der Waals surface area contributed by atoms with Gasteiger partial charge in [-0.2, -0.15) is 0 Å². The molecule has 1 heterocycles. The summed E-state index contributed by atoms with van der Waals surface area (Å²) in [5.74, 6) is -0.0429. The molecule has 18 heavy (non-hydrogen) atoms. The van der Waals surface area contributed by atoms with Crippen LogP contribution in [0.25, 0.3) is 0 Å². The first-order valence-electron chi connectivity index (χ1n) is 6.69. The minimum absolute atomic E-state index is 0.0371. The van der Waals surface area contributed by atoms with E-state index in [4.69, 9.17) is 0 Å². The quantitative estimate of drug-likeness (QED) is 0.752. The van der Waals surface area contributed by atoms with Crippen molar-refractivity contribution in [1.82, 2.24) is 15.5 Å². The predicted molar refractivity (Wildman–Crippen MR) is 71.1 cm³/mol. The Morgan fingerprint density at radius 2 is 1.83 bits per heavy atom. The molecule has 0 aromatic heterocycles. The summed E-state index contributed by atoms with van der Waals surface area (Å²) in [6.45, 7) is 10.3. The van der Waals surface area contributed by atoms with Crippen LogP contribution >= 0.6 is 0 Å². The molecular formula is C13H25N3O2. The van der Waals surface area contributed by atoms with Gasteiger partial charge in [-0.05, 0) is 27.2 Å². The Bertz CT molecular complexity index is 315. The number of carbonyl (C=O) groups is 2. The number of likely N-dealkylation sites (tertiary alicyclic amines) is 1. The van der Waals surface area contributed by atoms with Gasteiger partial charge in [0.05, 0.1) is 6.04 Å². The molecule has 1 saturated heterocycles. The molecule has 0 aromatic carbocycles. The molecule has 1 fully saturated rings. The van der Waals surface area contributed by atoms with Crippen LogP contribution in [-0.2, 0) is 9.59 Å². The number of nitrogens with one attached hydrogen (secondary N) is 2. The van der Waals surface area contributed by atoms with Crippen LogP contribution in [0.5, 0.6) is 0 Å². The molecule has 5 nitrogen and oxygen atoms in total. The van der Waals surface area contributed by atoms with E-state index in [0.29, 0.717) is 6.54 Å². The van der Waals surface area contributed by atoms with E-state index in [-0.39, 0.29) is 36.0 Å². The molecule has 1 aliphatic rings. The second-order valence-electron chi connectivity index (χ2n) is 5.53. The highest BCUT2D eigenvalue weighted by Crippen LogP contribution is 2.15. The summed E-state index contributed by atoms with van der Waals surface area (Å²) >= 11 is 0. The zero-order valence-electron chi connectivity index (χ0n) is 12.0. The molecule has 0 saturated carbocycles. The molecule has 2 N–H and O–H groups in total. The fraction of sp³-hybridized carbons (Fsp3) is 0.846. The summed E-state index contributed by atoms with van der Waals surface area (Å²) < 4.78 is 0. The van der Waals surface area contributed by atoms with Gasteiger partial charge >= 0.3 is 0 Å². The molecule has 1 rings (SSSR count). The number of nitrogens with zero attached hydrogens (tertiary/aromatic N) is 1. The van der Waals surface area contributed by atoms with E-state index in [1.165, 1.54) is 0 Å². The standard InChI is InChI=1S/C13H25N3O2/c1-8(2)14-11-6-7-16(13(11)18)10(5)12(17)15-9(3)4/h8-11,14H,6-7H2,1-5H3,(H,15,17). The Morgan fingerprint density at radius 1 is 1.22 bits per heavy atom. The maximum absolute atomic E-state index is 12.2. The zero-order valence-corrected chi connectivity index (χ0v) is 12.0. The molecule has 1 aliphatic heterocycles. The molecular weight excluding hydrogens is 230 g/mol. The highest BCUT2D eigenvalue weighted by atomic mass is 16.2. The van der Waals surface area contributed by atoms with Gasteiger partial charge in [-0.15, -0.1) is 0 Å². The van der Waals surface area contributed by atoms with Crippen LogP contribution in [0.1, 0.15) is 41.0 Å². The van der Waals surface area contributed by atoms with Crippen LogP contribution in [0.3, 0.4) is 0 Å². The molecule has 0 radical (unpaired) electrons. The van der Waals surface area contributed by atoms with Gasteiger partial charge in [-0.3, -0.25) is 9.59 Å². The number of carbonyl (C=O) groups excluding carboxylic acids is 2. The van der Waals surface area contributed by atoms with Crippen molar-refractivity contribution in [2.24, 2.45) is 0 Å². The smallest absolute Gasteiger partial charge is 0.242 e. The van der Waals surface area contributed by atoms with Gasteiger partial charge in [0.2, 0.25) is 11.8 Å². The van der Waals surface area contributed by atoms with Crippen LogP contribution in [0.2, 0.25) is 0 Å². The normalized spacial score (nSPS) is 21.8. The Hall–Kier alpha value is -1.10. The third-order valence-corrected chi connectivity index (χ3v) is 3.05. The molecule has 0 aliphatic carbocycles. The number of amides is 2. The van der Waals surface area contributed by atoms with E-state index in [0.717, 1.165) is 6.42 Å². The maximum Gasteiger partial charge on any atom is 0.242 e. The van der Waals surface area contributed by atoms with Crippen molar-refractivity contribution >= 4 is 11.8 Å². The van der Waals surface area contributed by atoms with E-state index in [1.807, 2.05) is 27.7 Å². The fourth-order valence-corrected chi connectivity index (χ4v) is 2.19. The minimum Gasteiger partial charge on any atom is -0.352 e.